The lowest BCUT2D eigenvalue weighted by Crippen LogP contribution is -2.51. The standard InChI is InChI=1S/C18H20F3N5O/c1-10-22-13(9-16(27)23-10)17-15-4-2-3-14(26(15)25-24-17)11-5-7-12(8-6-11)18(19,20)21/h5-8,10,13-14,22H,2-4,9H2,1H3,(H,23,27)/t10?,13?,14-/m0/s1. The predicted octanol–water partition coefficient (Wildman–Crippen LogP) is 2.72. The Labute approximate surface area is 154 Å². The van der Waals surface area contributed by atoms with E-state index in [2.05, 4.69) is 20.9 Å². The van der Waals surface area contributed by atoms with Crippen molar-refractivity contribution in [2.45, 2.75) is 57.0 Å². The van der Waals surface area contributed by atoms with E-state index in [-0.39, 0.29) is 24.2 Å². The maximum atomic E-state index is 12.8. The Morgan fingerprint density at radius 1 is 1.22 bits per heavy atom. The number of carbonyl (C=O) groups excluding carboxylic acids is 1. The molecule has 1 aromatic carbocycles. The summed E-state index contributed by atoms with van der Waals surface area (Å²) < 4.78 is 40.2. The Balaban J connectivity index is 1.63. The van der Waals surface area contributed by atoms with E-state index in [4.69, 9.17) is 0 Å². The van der Waals surface area contributed by atoms with Gasteiger partial charge in [-0.15, -0.1) is 5.10 Å². The predicted molar refractivity (Wildman–Crippen MR) is 90.6 cm³/mol. The third kappa shape index (κ3) is 3.43. The Bertz CT molecular complexity index is 846. The minimum absolute atomic E-state index is 0.0388. The van der Waals surface area contributed by atoms with Gasteiger partial charge in [0, 0.05) is 6.42 Å². The minimum atomic E-state index is -4.35. The number of nitrogens with one attached hydrogen (secondary N) is 2. The van der Waals surface area contributed by atoms with Gasteiger partial charge in [-0.05, 0) is 43.9 Å². The number of benzene rings is 1. The molecule has 0 bridgehead atoms. The molecule has 2 N–H and O–H groups in total. The highest BCUT2D eigenvalue weighted by Crippen LogP contribution is 2.35. The van der Waals surface area contributed by atoms with Crippen LogP contribution in [0.4, 0.5) is 13.2 Å². The first-order chi connectivity index (χ1) is 12.8. The van der Waals surface area contributed by atoms with Crippen LogP contribution in [-0.4, -0.2) is 27.1 Å². The molecule has 4 rings (SSSR count). The number of alkyl halides is 3. The van der Waals surface area contributed by atoms with Gasteiger partial charge in [0.1, 0.15) is 5.69 Å². The SMILES string of the molecule is CC1NC(=O)CC(c2nnn3c2CCC[C@H]3c2ccc(C(F)(F)F)cc2)N1. The van der Waals surface area contributed by atoms with Crippen molar-refractivity contribution < 1.29 is 18.0 Å². The van der Waals surface area contributed by atoms with Gasteiger partial charge in [-0.2, -0.15) is 13.2 Å². The maximum absolute atomic E-state index is 12.8. The fourth-order valence-electron chi connectivity index (χ4n) is 3.94. The van der Waals surface area contributed by atoms with E-state index in [1.54, 1.807) is 4.68 Å². The molecule has 1 amide bonds. The monoisotopic (exact) mass is 379 g/mol. The first-order valence-corrected chi connectivity index (χ1v) is 8.99. The van der Waals surface area contributed by atoms with Gasteiger partial charge in [0.2, 0.25) is 5.91 Å². The van der Waals surface area contributed by atoms with Crippen LogP contribution in [0.2, 0.25) is 0 Å². The van der Waals surface area contributed by atoms with Gasteiger partial charge in [-0.3, -0.25) is 10.1 Å². The summed E-state index contributed by atoms with van der Waals surface area (Å²) in [7, 11) is 0. The van der Waals surface area contributed by atoms with Crippen molar-refractivity contribution in [2.75, 3.05) is 0 Å². The van der Waals surface area contributed by atoms with E-state index in [0.29, 0.717) is 6.42 Å². The molecule has 0 spiro atoms. The van der Waals surface area contributed by atoms with Crippen LogP contribution in [0.5, 0.6) is 0 Å². The second kappa shape index (κ2) is 6.63. The summed E-state index contributed by atoms with van der Waals surface area (Å²) in [6, 6.07) is 4.89. The maximum Gasteiger partial charge on any atom is 0.416 e. The third-order valence-electron chi connectivity index (χ3n) is 5.18. The Morgan fingerprint density at radius 2 is 1.96 bits per heavy atom. The topological polar surface area (TPSA) is 71.8 Å². The van der Waals surface area contributed by atoms with Crippen LogP contribution >= 0.6 is 0 Å². The number of aromatic nitrogens is 3. The van der Waals surface area contributed by atoms with Crippen molar-refractivity contribution in [1.82, 2.24) is 25.6 Å². The number of hydrogen-bond donors (Lipinski definition) is 2. The van der Waals surface area contributed by atoms with Gasteiger partial charge in [-0.25, -0.2) is 4.68 Å². The summed E-state index contributed by atoms with van der Waals surface area (Å²) in [6.45, 7) is 1.87. The van der Waals surface area contributed by atoms with E-state index in [1.165, 1.54) is 12.1 Å². The zero-order valence-corrected chi connectivity index (χ0v) is 14.8. The van der Waals surface area contributed by atoms with E-state index in [9.17, 15) is 18.0 Å². The quantitative estimate of drug-likeness (QED) is 0.842. The second-order valence-corrected chi connectivity index (χ2v) is 7.11. The first kappa shape index (κ1) is 18.0. The summed E-state index contributed by atoms with van der Waals surface area (Å²) in [5.41, 5.74) is 1.83. The molecule has 2 aliphatic heterocycles. The molecule has 1 fully saturated rings. The largest absolute Gasteiger partial charge is 0.416 e. The average molecular weight is 379 g/mol. The number of fused-ring (bicyclic) bond motifs is 1. The molecule has 0 aliphatic carbocycles. The molecule has 9 heteroatoms. The lowest BCUT2D eigenvalue weighted by Gasteiger charge is -2.30. The molecule has 2 aliphatic rings. The Hall–Kier alpha value is -2.42. The van der Waals surface area contributed by atoms with Crippen molar-refractivity contribution in [3.63, 3.8) is 0 Å². The highest BCUT2D eigenvalue weighted by Gasteiger charge is 2.34. The number of rotatable bonds is 2. The van der Waals surface area contributed by atoms with Crippen LogP contribution in [0, 0.1) is 0 Å². The van der Waals surface area contributed by atoms with Crippen molar-refractivity contribution in [1.29, 1.82) is 0 Å². The van der Waals surface area contributed by atoms with E-state index < -0.39 is 11.7 Å². The molecule has 27 heavy (non-hydrogen) atoms. The zero-order valence-electron chi connectivity index (χ0n) is 14.8. The molecular weight excluding hydrogens is 359 g/mol. The minimum Gasteiger partial charge on any atom is -0.341 e. The highest BCUT2D eigenvalue weighted by atomic mass is 19.4. The lowest BCUT2D eigenvalue weighted by atomic mass is 9.93. The normalized spacial score (nSPS) is 25.8. The lowest BCUT2D eigenvalue weighted by molar-refractivity contribution is -0.137. The van der Waals surface area contributed by atoms with E-state index >= 15 is 0 Å². The molecule has 3 atom stereocenters. The van der Waals surface area contributed by atoms with Crippen molar-refractivity contribution in [3.05, 3.63) is 46.8 Å². The third-order valence-corrected chi connectivity index (χ3v) is 5.18. The summed E-state index contributed by atoms with van der Waals surface area (Å²) in [6.07, 6.45) is -1.74. The smallest absolute Gasteiger partial charge is 0.341 e. The van der Waals surface area contributed by atoms with Gasteiger partial charge < -0.3 is 5.32 Å². The molecule has 1 saturated heterocycles. The fraction of sp³-hybridized carbons (Fsp3) is 0.500. The number of nitrogens with zero attached hydrogens (tertiary/aromatic N) is 3. The molecule has 0 radical (unpaired) electrons. The van der Waals surface area contributed by atoms with Crippen LogP contribution < -0.4 is 10.6 Å². The van der Waals surface area contributed by atoms with E-state index in [0.717, 1.165) is 48.3 Å². The Morgan fingerprint density at radius 3 is 2.63 bits per heavy atom. The second-order valence-electron chi connectivity index (χ2n) is 7.11. The number of carbonyl (C=O) groups is 1. The van der Waals surface area contributed by atoms with Crippen molar-refractivity contribution in [3.8, 4) is 0 Å². The van der Waals surface area contributed by atoms with Gasteiger partial charge in [0.15, 0.2) is 0 Å². The van der Waals surface area contributed by atoms with Gasteiger partial charge in [0.25, 0.3) is 0 Å². The van der Waals surface area contributed by atoms with Gasteiger partial charge in [-0.1, -0.05) is 17.3 Å². The van der Waals surface area contributed by atoms with Gasteiger partial charge in [0.05, 0.1) is 29.5 Å². The van der Waals surface area contributed by atoms with Crippen LogP contribution in [0.25, 0.3) is 0 Å². The molecule has 2 unspecified atom stereocenters. The van der Waals surface area contributed by atoms with E-state index in [1.807, 2.05) is 6.92 Å². The average Bonchev–Trinajstić information content (AvgIpc) is 3.04. The fourth-order valence-corrected chi connectivity index (χ4v) is 3.94. The molecule has 0 saturated carbocycles. The molecule has 2 aromatic rings. The number of hydrogen-bond acceptors (Lipinski definition) is 4. The zero-order chi connectivity index (χ0) is 19.2. The summed E-state index contributed by atoms with van der Waals surface area (Å²) in [4.78, 5) is 11.8. The van der Waals surface area contributed by atoms with Crippen LogP contribution in [-0.2, 0) is 17.4 Å². The Kier molecular flexibility index (Phi) is 4.41. The molecular formula is C18H20F3N5O. The molecule has 6 nitrogen and oxygen atoms in total. The number of amides is 1. The summed E-state index contributed by atoms with van der Waals surface area (Å²) in [5.74, 6) is -0.0388. The van der Waals surface area contributed by atoms with Crippen LogP contribution in [0.3, 0.4) is 0 Å². The molecule has 144 valence electrons. The number of halogens is 3. The summed E-state index contributed by atoms with van der Waals surface area (Å²) >= 11 is 0. The van der Waals surface area contributed by atoms with Crippen molar-refractivity contribution >= 4 is 5.91 Å². The first-order valence-electron chi connectivity index (χ1n) is 8.99. The molecule has 1 aromatic heterocycles. The van der Waals surface area contributed by atoms with Gasteiger partial charge >= 0.3 is 6.18 Å². The molecule has 3 heterocycles. The van der Waals surface area contributed by atoms with Crippen molar-refractivity contribution in [2.24, 2.45) is 0 Å². The van der Waals surface area contributed by atoms with Crippen LogP contribution in [0.15, 0.2) is 24.3 Å². The van der Waals surface area contributed by atoms with Crippen LogP contribution in [0.1, 0.15) is 60.8 Å². The summed E-state index contributed by atoms with van der Waals surface area (Å²) in [5, 5.41) is 14.7. The highest BCUT2D eigenvalue weighted by molar-refractivity contribution is 5.77.